The lowest BCUT2D eigenvalue weighted by Crippen LogP contribution is -2.32. The molecule has 3 N–H and O–H groups in total. The van der Waals surface area contributed by atoms with E-state index >= 15 is 0 Å². The maximum absolute atomic E-state index is 13.6. The quantitative estimate of drug-likeness (QED) is 0.851. The number of amides is 1. The van der Waals surface area contributed by atoms with Gasteiger partial charge < -0.3 is 11.1 Å². The Kier molecular flexibility index (Phi) is 4.74. The summed E-state index contributed by atoms with van der Waals surface area (Å²) >= 11 is 0. The predicted octanol–water partition coefficient (Wildman–Crippen LogP) is 2.92. The zero-order valence-electron chi connectivity index (χ0n) is 13.3. The van der Waals surface area contributed by atoms with Crippen LogP contribution in [-0.4, -0.2) is 29.8 Å². The number of carbonyl (C=O) groups is 1. The number of anilines is 1. The van der Waals surface area contributed by atoms with Crippen molar-refractivity contribution in [2.24, 2.45) is 10.7 Å². The fourth-order valence-corrected chi connectivity index (χ4v) is 2.01. The van der Waals surface area contributed by atoms with Crippen LogP contribution in [0.25, 0.3) is 16.3 Å². The normalized spacial score (nSPS) is 12.8. The molecule has 5 nitrogen and oxygen atoms in total. The predicted molar refractivity (Wildman–Crippen MR) is 92.1 cm³/mol. The fraction of sp³-hybridized carbons (Fsp3) is 0.235. The van der Waals surface area contributed by atoms with Crippen molar-refractivity contribution in [2.45, 2.75) is 19.5 Å². The molecule has 0 radical (unpaired) electrons. The number of allylic oxidation sites excluding steroid dienone is 1. The first kappa shape index (κ1) is 16.6. The van der Waals surface area contributed by atoms with Crippen LogP contribution >= 0.6 is 0 Å². The van der Waals surface area contributed by atoms with Crippen molar-refractivity contribution in [2.75, 3.05) is 12.4 Å². The van der Waals surface area contributed by atoms with Gasteiger partial charge in [-0.25, -0.2) is 9.37 Å². The van der Waals surface area contributed by atoms with Gasteiger partial charge in [0.1, 0.15) is 5.82 Å². The molecule has 0 aliphatic carbocycles. The van der Waals surface area contributed by atoms with Crippen LogP contribution < -0.4 is 11.1 Å². The maximum atomic E-state index is 13.6. The first-order valence-corrected chi connectivity index (χ1v) is 7.10. The van der Waals surface area contributed by atoms with Crippen LogP contribution in [0, 0.1) is 0 Å². The molecular formula is C17H19FN4O. The Morgan fingerprint density at radius 3 is 2.70 bits per heavy atom. The van der Waals surface area contributed by atoms with Gasteiger partial charge in [0.2, 0.25) is 0 Å². The molecule has 0 saturated carbocycles. The molecule has 0 spiro atoms. The zero-order valence-corrected chi connectivity index (χ0v) is 13.3. The number of rotatable bonds is 4. The van der Waals surface area contributed by atoms with E-state index in [4.69, 9.17) is 5.73 Å². The number of fused-ring (bicyclic) bond motifs is 1. The third-order valence-corrected chi connectivity index (χ3v) is 3.28. The average molecular weight is 314 g/mol. The van der Waals surface area contributed by atoms with Crippen molar-refractivity contribution >= 4 is 34.3 Å². The highest BCUT2D eigenvalue weighted by Gasteiger charge is 2.26. The van der Waals surface area contributed by atoms with Gasteiger partial charge in [0.05, 0.1) is 0 Å². The zero-order chi connectivity index (χ0) is 17.0. The first-order chi connectivity index (χ1) is 10.8. The summed E-state index contributed by atoms with van der Waals surface area (Å²) in [4.78, 5) is 19.8. The largest absolute Gasteiger partial charge is 0.404 e. The molecule has 1 amide bonds. The van der Waals surface area contributed by atoms with Gasteiger partial charge in [-0.3, -0.25) is 9.79 Å². The van der Waals surface area contributed by atoms with Crippen molar-refractivity contribution in [1.29, 1.82) is 0 Å². The number of hydrogen-bond acceptors (Lipinski definition) is 4. The lowest BCUT2D eigenvalue weighted by atomic mass is 10.0. The standard InChI is InChI=1S/C17H19FN4O/c1-17(2,18)16(23)22-15-7-13-6-11(14(8-19)9-20-3)4-5-12(13)10-21-15/h4-10H,19H2,1-3H3,(H,21,22,23). The molecule has 0 saturated heterocycles. The highest BCUT2D eigenvalue weighted by Crippen LogP contribution is 2.22. The summed E-state index contributed by atoms with van der Waals surface area (Å²) in [5.41, 5.74) is 5.32. The molecule has 1 aromatic carbocycles. The van der Waals surface area contributed by atoms with E-state index in [2.05, 4.69) is 15.3 Å². The van der Waals surface area contributed by atoms with Gasteiger partial charge in [-0.1, -0.05) is 12.1 Å². The van der Waals surface area contributed by atoms with E-state index in [1.165, 1.54) is 20.0 Å². The average Bonchev–Trinajstić information content (AvgIpc) is 2.51. The molecule has 6 heteroatoms. The van der Waals surface area contributed by atoms with Crippen LogP contribution in [0.5, 0.6) is 0 Å². The minimum Gasteiger partial charge on any atom is -0.404 e. The number of nitrogens with zero attached hydrogens (tertiary/aromatic N) is 2. The number of nitrogens with one attached hydrogen (secondary N) is 1. The van der Waals surface area contributed by atoms with Gasteiger partial charge in [0.15, 0.2) is 5.67 Å². The second kappa shape index (κ2) is 6.56. The molecule has 0 aliphatic rings. The number of halogens is 1. The van der Waals surface area contributed by atoms with Crippen LogP contribution in [0.15, 0.2) is 41.7 Å². The van der Waals surface area contributed by atoms with Crippen molar-refractivity contribution < 1.29 is 9.18 Å². The molecule has 0 unspecified atom stereocenters. The maximum Gasteiger partial charge on any atom is 0.262 e. The number of aromatic nitrogens is 1. The number of alkyl halides is 1. The number of nitrogens with two attached hydrogens (primary N) is 1. The lowest BCUT2D eigenvalue weighted by Gasteiger charge is -2.14. The molecule has 1 aromatic heterocycles. The van der Waals surface area contributed by atoms with Crippen molar-refractivity contribution in [3.63, 3.8) is 0 Å². The Balaban J connectivity index is 2.40. The molecule has 2 aromatic rings. The third kappa shape index (κ3) is 3.91. The van der Waals surface area contributed by atoms with E-state index in [1.54, 1.807) is 25.5 Å². The topological polar surface area (TPSA) is 80.4 Å². The highest BCUT2D eigenvalue weighted by molar-refractivity contribution is 6.10. The molecule has 120 valence electrons. The van der Waals surface area contributed by atoms with E-state index in [1.807, 2.05) is 18.2 Å². The Morgan fingerprint density at radius 1 is 1.35 bits per heavy atom. The summed E-state index contributed by atoms with van der Waals surface area (Å²) in [6.45, 7) is 2.40. The van der Waals surface area contributed by atoms with Crippen molar-refractivity contribution in [3.05, 3.63) is 42.2 Å². The van der Waals surface area contributed by atoms with E-state index in [0.717, 1.165) is 21.9 Å². The molecule has 0 atom stereocenters. The van der Waals surface area contributed by atoms with Crippen molar-refractivity contribution in [3.8, 4) is 0 Å². The van der Waals surface area contributed by atoms with Gasteiger partial charge in [-0.15, -0.1) is 0 Å². The number of carbonyl (C=O) groups excluding carboxylic acids is 1. The summed E-state index contributed by atoms with van der Waals surface area (Å²) in [7, 11) is 1.67. The van der Waals surface area contributed by atoms with Crippen LogP contribution in [0.3, 0.4) is 0 Å². The molecule has 2 rings (SSSR count). The number of aliphatic imine (C=N–C) groups is 1. The van der Waals surface area contributed by atoms with E-state index in [0.29, 0.717) is 5.82 Å². The Bertz CT molecular complexity index is 791. The van der Waals surface area contributed by atoms with Gasteiger partial charge in [-0.05, 0) is 36.9 Å². The first-order valence-electron chi connectivity index (χ1n) is 7.10. The summed E-state index contributed by atoms with van der Waals surface area (Å²) in [5.74, 6) is -0.436. The van der Waals surface area contributed by atoms with Crippen LogP contribution in [0.2, 0.25) is 0 Å². The monoisotopic (exact) mass is 314 g/mol. The van der Waals surface area contributed by atoms with Crippen molar-refractivity contribution in [1.82, 2.24) is 4.98 Å². The lowest BCUT2D eigenvalue weighted by molar-refractivity contribution is -0.125. The molecule has 23 heavy (non-hydrogen) atoms. The Labute approximate surface area is 134 Å². The van der Waals surface area contributed by atoms with E-state index in [-0.39, 0.29) is 0 Å². The molecule has 0 fully saturated rings. The van der Waals surface area contributed by atoms with Crippen LogP contribution in [-0.2, 0) is 4.79 Å². The third-order valence-electron chi connectivity index (χ3n) is 3.28. The highest BCUT2D eigenvalue weighted by atomic mass is 19.1. The summed E-state index contributed by atoms with van der Waals surface area (Å²) in [5, 5.41) is 4.23. The van der Waals surface area contributed by atoms with Gasteiger partial charge >= 0.3 is 0 Å². The smallest absolute Gasteiger partial charge is 0.262 e. The van der Waals surface area contributed by atoms with Gasteiger partial charge in [-0.2, -0.15) is 0 Å². The number of pyridine rings is 1. The summed E-state index contributed by atoms with van der Waals surface area (Å²) < 4.78 is 13.6. The number of benzene rings is 1. The van der Waals surface area contributed by atoms with Gasteiger partial charge in [0.25, 0.3) is 5.91 Å². The van der Waals surface area contributed by atoms with E-state index in [9.17, 15) is 9.18 Å². The Hall–Kier alpha value is -2.76. The SMILES string of the molecule is CN=CC(=CN)c1ccc2cnc(NC(=O)C(C)(C)F)cc2c1. The minimum atomic E-state index is -1.97. The van der Waals surface area contributed by atoms with E-state index < -0.39 is 11.6 Å². The Morgan fingerprint density at radius 2 is 2.09 bits per heavy atom. The van der Waals surface area contributed by atoms with Crippen LogP contribution in [0.4, 0.5) is 10.2 Å². The summed E-state index contributed by atoms with van der Waals surface area (Å²) in [6, 6.07) is 7.41. The molecular weight excluding hydrogens is 295 g/mol. The molecule has 1 heterocycles. The second-order valence-electron chi connectivity index (χ2n) is 5.57. The molecule has 0 bridgehead atoms. The second-order valence-corrected chi connectivity index (χ2v) is 5.57. The molecule has 0 aliphatic heterocycles. The summed E-state index contributed by atoms with van der Waals surface area (Å²) in [6.07, 6.45) is 4.76. The number of hydrogen-bond donors (Lipinski definition) is 2. The fourth-order valence-electron chi connectivity index (χ4n) is 2.01. The minimum absolute atomic E-state index is 0.299. The van der Waals surface area contributed by atoms with Gasteiger partial charge in [0, 0.05) is 36.6 Å². The van der Waals surface area contributed by atoms with Crippen LogP contribution in [0.1, 0.15) is 19.4 Å².